The molecule has 2 N–H and O–H groups in total. The third-order valence-corrected chi connectivity index (χ3v) is 3.69. The molecule has 1 nitrogen and oxygen atoms in total. The minimum absolute atomic E-state index is 0.267. The molecule has 0 bridgehead atoms. The molecule has 1 heterocycles. The summed E-state index contributed by atoms with van der Waals surface area (Å²) in [4.78, 5) is 1.21. The maximum absolute atomic E-state index is 13.2. The maximum atomic E-state index is 13.2. The Balaban J connectivity index is 2.37. The average Bonchev–Trinajstić information content (AvgIpc) is 2.62. The van der Waals surface area contributed by atoms with Crippen molar-refractivity contribution in [3.05, 3.63) is 55.9 Å². The Morgan fingerprint density at radius 2 is 2.00 bits per heavy atom. The van der Waals surface area contributed by atoms with E-state index in [1.54, 1.807) is 11.3 Å². The fraction of sp³-hybridized carbons (Fsp3) is 0.167. The molecule has 0 fully saturated rings. The first-order valence-corrected chi connectivity index (χ1v) is 6.50. The van der Waals surface area contributed by atoms with E-state index >= 15 is 0 Å². The van der Waals surface area contributed by atoms with Crippen molar-refractivity contribution in [3.63, 3.8) is 0 Å². The average molecular weight is 300 g/mol. The Morgan fingerprint density at radius 3 is 2.56 bits per heavy atom. The lowest BCUT2D eigenvalue weighted by molar-refractivity contribution is 0.622. The summed E-state index contributed by atoms with van der Waals surface area (Å²) >= 11 is 4.92. The van der Waals surface area contributed by atoms with Gasteiger partial charge in [0.25, 0.3) is 0 Å². The third-order valence-electron chi connectivity index (χ3n) is 2.35. The van der Waals surface area contributed by atoms with Crippen molar-refractivity contribution in [1.29, 1.82) is 0 Å². The highest BCUT2D eigenvalue weighted by Crippen LogP contribution is 2.26. The van der Waals surface area contributed by atoms with E-state index in [-0.39, 0.29) is 11.9 Å². The maximum Gasteiger partial charge on any atom is 0.124 e. The first kappa shape index (κ1) is 11.8. The molecule has 2 rings (SSSR count). The fourth-order valence-electron chi connectivity index (χ4n) is 1.57. The van der Waals surface area contributed by atoms with Crippen LogP contribution in [0.25, 0.3) is 0 Å². The van der Waals surface area contributed by atoms with Crippen LogP contribution in [0.1, 0.15) is 22.0 Å². The molecule has 0 spiro atoms. The Hall–Kier alpha value is -0.710. The number of benzene rings is 1. The zero-order chi connectivity index (χ0) is 11.7. The number of aryl methyl sites for hydroxylation is 1. The largest absolute Gasteiger partial charge is 0.320 e. The van der Waals surface area contributed by atoms with Crippen LogP contribution in [0.2, 0.25) is 0 Å². The summed E-state index contributed by atoms with van der Waals surface area (Å²) in [6.45, 7) is 2.03. The first-order chi connectivity index (χ1) is 7.56. The van der Waals surface area contributed by atoms with Crippen molar-refractivity contribution >= 4 is 27.3 Å². The Morgan fingerprint density at radius 1 is 1.25 bits per heavy atom. The zero-order valence-corrected chi connectivity index (χ0v) is 11.1. The van der Waals surface area contributed by atoms with Gasteiger partial charge in [0.15, 0.2) is 0 Å². The summed E-state index contributed by atoms with van der Waals surface area (Å²) < 4.78 is 13.9. The van der Waals surface area contributed by atoms with E-state index < -0.39 is 0 Å². The number of hydrogen-bond acceptors (Lipinski definition) is 2. The molecule has 0 saturated heterocycles. The van der Waals surface area contributed by atoms with E-state index in [0.717, 1.165) is 11.1 Å². The van der Waals surface area contributed by atoms with Crippen LogP contribution in [-0.2, 0) is 0 Å². The lowest BCUT2D eigenvalue weighted by Crippen LogP contribution is -2.11. The van der Waals surface area contributed by atoms with Crippen molar-refractivity contribution < 1.29 is 4.39 Å². The number of halogens is 2. The molecule has 4 heteroatoms. The van der Waals surface area contributed by atoms with Gasteiger partial charge >= 0.3 is 0 Å². The molecule has 84 valence electrons. The molecule has 16 heavy (non-hydrogen) atoms. The van der Waals surface area contributed by atoms with Crippen LogP contribution in [0.4, 0.5) is 4.39 Å². The van der Waals surface area contributed by atoms with Gasteiger partial charge < -0.3 is 5.73 Å². The zero-order valence-electron chi connectivity index (χ0n) is 8.71. The highest BCUT2D eigenvalue weighted by Gasteiger charge is 2.11. The summed E-state index contributed by atoms with van der Waals surface area (Å²) in [6.07, 6.45) is 0. The summed E-state index contributed by atoms with van der Waals surface area (Å²) in [5.74, 6) is -0.272. The molecule has 0 aliphatic heterocycles. The molecule has 2 aromatic rings. The van der Waals surface area contributed by atoms with Crippen LogP contribution in [-0.4, -0.2) is 0 Å². The van der Waals surface area contributed by atoms with Gasteiger partial charge in [0.2, 0.25) is 0 Å². The lowest BCUT2D eigenvalue weighted by atomic mass is 10.0. The predicted molar refractivity (Wildman–Crippen MR) is 69.2 cm³/mol. The minimum Gasteiger partial charge on any atom is -0.320 e. The van der Waals surface area contributed by atoms with E-state index in [4.69, 9.17) is 5.73 Å². The smallest absolute Gasteiger partial charge is 0.124 e. The molecule has 1 aromatic carbocycles. The van der Waals surface area contributed by atoms with Gasteiger partial charge in [-0.2, -0.15) is 0 Å². The van der Waals surface area contributed by atoms with Gasteiger partial charge in [-0.25, -0.2) is 4.39 Å². The Kier molecular flexibility index (Phi) is 3.42. The quantitative estimate of drug-likeness (QED) is 0.891. The topological polar surface area (TPSA) is 26.0 Å². The van der Waals surface area contributed by atoms with Crippen LogP contribution >= 0.6 is 27.3 Å². The number of hydrogen-bond donors (Lipinski definition) is 1. The van der Waals surface area contributed by atoms with Crippen molar-refractivity contribution in [2.24, 2.45) is 5.73 Å². The van der Waals surface area contributed by atoms with Crippen LogP contribution in [0.15, 0.2) is 34.1 Å². The lowest BCUT2D eigenvalue weighted by Gasteiger charge is -2.11. The second-order valence-electron chi connectivity index (χ2n) is 3.67. The van der Waals surface area contributed by atoms with Gasteiger partial charge in [-0.15, -0.1) is 11.3 Å². The van der Waals surface area contributed by atoms with Crippen molar-refractivity contribution in [2.45, 2.75) is 13.0 Å². The van der Waals surface area contributed by atoms with Crippen molar-refractivity contribution in [3.8, 4) is 0 Å². The fourth-order valence-corrected chi connectivity index (χ4v) is 2.80. The van der Waals surface area contributed by atoms with Gasteiger partial charge in [0, 0.05) is 9.35 Å². The summed E-state index contributed by atoms with van der Waals surface area (Å²) in [7, 11) is 0. The SMILES string of the molecule is Cc1cc(C(N)c2cc(F)cc(Br)c2)cs1. The summed E-state index contributed by atoms with van der Waals surface area (Å²) in [5, 5.41) is 2.01. The van der Waals surface area contributed by atoms with Gasteiger partial charge in [-0.3, -0.25) is 0 Å². The normalized spacial score (nSPS) is 12.8. The van der Waals surface area contributed by atoms with E-state index in [1.807, 2.05) is 24.4 Å². The van der Waals surface area contributed by atoms with Crippen LogP contribution in [0.5, 0.6) is 0 Å². The third kappa shape index (κ3) is 2.51. The second-order valence-corrected chi connectivity index (χ2v) is 5.70. The summed E-state index contributed by atoms with van der Waals surface area (Å²) in [6, 6.07) is 6.52. The molecule has 0 aliphatic rings. The Labute approximate surface area is 106 Å². The van der Waals surface area contributed by atoms with E-state index in [9.17, 15) is 4.39 Å². The highest BCUT2D eigenvalue weighted by molar-refractivity contribution is 9.10. The van der Waals surface area contributed by atoms with Crippen LogP contribution < -0.4 is 5.73 Å². The monoisotopic (exact) mass is 299 g/mol. The molecule has 0 saturated carbocycles. The predicted octanol–water partition coefficient (Wildman–Crippen LogP) is 4.01. The van der Waals surface area contributed by atoms with Crippen LogP contribution in [0, 0.1) is 12.7 Å². The van der Waals surface area contributed by atoms with Gasteiger partial charge in [-0.05, 0) is 47.7 Å². The second kappa shape index (κ2) is 4.65. The van der Waals surface area contributed by atoms with Gasteiger partial charge in [0.05, 0.1) is 6.04 Å². The molecule has 0 radical (unpaired) electrons. The number of nitrogens with two attached hydrogens (primary N) is 1. The van der Waals surface area contributed by atoms with E-state index in [2.05, 4.69) is 15.9 Å². The van der Waals surface area contributed by atoms with Gasteiger partial charge in [0.1, 0.15) is 5.82 Å². The first-order valence-electron chi connectivity index (χ1n) is 4.83. The van der Waals surface area contributed by atoms with E-state index in [0.29, 0.717) is 4.47 Å². The van der Waals surface area contributed by atoms with Crippen molar-refractivity contribution in [2.75, 3.05) is 0 Å². The molecule has 0 aliphatic carbocycles. The Bertz CT molecular complexity index is 489. The molecular weight excluding hydrogens is 289 g/mol. The molecular formula is C12H11BrFNS. The standard InChI is InChI=1S/C12H11BrFNS/c1-7-2-9(6-16-7)12(15)8-3-10(13)5-11(14)4-8/h2-6,12H,15H2,1H3. The molecule has 1 atom stereocenters. The molecule has 1 aromatic heterocycles. The highest BCUT2D eigenvalue weighted by atomic mass is 79.9. The minimum atomic E-state index is -0.272. The molecule has 0 amide bonds. The molecule has 1 unspecified atom stereocenters. The van der Waals surface area contributed by atoms with Crippen molar-refractivity contribution in [1.82, 2.24) is 0 Å². The van der Waals surface area contributed by atoms with Gasteiger partial charge in [-0.1, -0.05) is 15.9 Å². The number of rotatable bonds is 2. The van der Waals surface area contributed by atoms with Crippen LogP contribution in [0.3, 0.4) is 0 Å². The van der Waals surface area contributed by atoms with E-state index in [1.165, 1.54) is 17.0 Å². The summed E-state index contributed by atoms with van der Waals surface area (Å²) in [5.41, 5.74) is 7.90. The number of thiophene rings is 1.